The third-order valence-electron chi connectivity index (χ3n) is 3.75. The number of anilines is 1. The number of rotatable bonds is 6. The quantitative estimate of drug-likeness (QED) is 0.811. The molecule has 0 radical (unpaired) electrons. The van der Waals surface area contributed by atoms with Gasteiger partial charge in [0, 0.05) is 24.3 Å². The van der Waals surface area contributed by atoms with Gasteiger partial charge in [0.2, 0.25) is 5.91 Å². The predicted molar refractivity (Wildman–Crippen MR) is 75.9 cm³/mol. The summed E-state index contributed by atoms with van der Waals surface area (Å²) in [6.07, 6.45) is 4.66. The summed E-state index contributed by atoms with van der Waals surface area (Å²) < 4.78 is 0. The van der Waals surface area contributed by atoms with Crippen LogP contribution in [-0.4, -0.2) is 24.5 Å². The zero-order valence-electron chi connectivity index (χ0n) is 11.1. The summed E-state index contributed by atoms with van der Waals surface area (Å²) in [5.41, 5.74) is 7.87. The number of hydrogen-bond acceptors (Lipinski definition) is 3. The molecular weight excluding hydrogens is 238 g/mol. The van der Waals surface area contributed by atoms with E-state index in [1.807, 2.05) is 12.1 Å². The molecule has 1 aromatic rings. The first-order valence-corrected chi connectivity index (χ1v) is 7.11. The van der Waals surface area contributed by atoms with Crippen molar-refractivity contribution < 1.29 is 4.79 Å². The molecule has 3 rings (SSSR count). The van der Waals surface area contributed by atoms with E-state index in [9.17, 15) is 4.79 Å². The highest BCUT2D eigenvalue weighted by molar-refractivity contribution is 5.82. The second kappa shape index (κ2) is 5.21. The minimum Gasteiger partial charge on any atom is -0.359 e. The third-order valence-corrected chi connectivity index (χ3v) is 3.75. The molecule has 0 atom stereocenters. The molecule has 4 nitrogen and oxygen atoms in total. The van der Waals surface area contributed by atoms with Crippen molar-refractivity contribution in [3.63, 3.8) is 0 Å². The van der Waals surface area contributed by atoms with E-state index >= 15 is 0 Å². The molecule has 0 aliphatic heterocycles. The predicted octanol–water partition coefficient (Wildman–Crippen LogP) is 1.39. The van der Waals surface area contributed by atoms with Crippen LogP contribution in [0.3, 0.4) is 0 Å². The van der Waals surface area contributed by atoms with Crippen molar-refractivity contribution in [2.45, 2.75) is 44.3 Å². The Bertz CT molecular complexity index is 449. The van der Waals surface area contributed by atoms with E-state index < -0.39 is 0 Å². The Morgan fingerprint density at radius 2 is 1.89 bits per heavy atom. The second-order valence-corrected chi connectivity index (χ2v) is 5.57. The number of carbonyl (C=O) groups is 1. The van der Waals surface area contributed by atoms with Crippen LogP contribution >= 0.6 is 0 Å². The molecule has 0 heterocycles. The molecule has 0 saturated heterocycles. The fourth-order valence-electron chi connectivity index (χ4n) is 2.30. The fourth-order valence-corrected chi connectivity index (χ4v) is 2.30. The number of hydrogen-bond donors (Lipinski definition) is 2. The summed E-state index contributed by atoms with van der Waals surface area (Å²) >= 11 is 0. The van der Waals surface area contributed by atoms with E-state index in [0.717, 1.165) is 24.1 Å². The highest BCUT2D eigenvalue weighted by atomic mass is 16.2. The first kappa shape index (κ1) is 12.5. The van der Waals surface area contributed by atoms with Crippen molar-refractivity contribution in [1.82, 2.24) is 5.32 Å². The topological polar surface area (TPSA) is 58.4 Å². The smallest absolute Gasteiger partial charge is 0.239 e. The molecular formula is C15H21N3O. The number of nitrogens with one attached hydrogen (secondary N) is 1. The normalized spacial score (nSPS) is 18.2. The molecule has 1 aromatic carbocycles. The van der Waals surface area contributed by atoms with E-state index in [1.54, 1.807) is 0 Å². The molecule has 3 N–H and O–H groups in total. The van der Waals surface area contributed by atoms with Gasteiger partial charge in [0.1, 0.15) is 0 Å². The van der Waals surface area contributed by atoms with Crippen molar-refractivity contribution in [3.05, 3.63) is 29.8 Å². The van der Waals surface area contributed by atoms with Crippen molar-refractivity contribution in [2.24, 2.45) is 5.73 Å². The largest absolute Gasteiger partial charge is 0.359 e. The summed E-state index contributed by atoms with van der Waals surface area (Å²) in [5, 5.41) is 3.06. The summed E-state index contributed by atoms with van der Waals surface area (Å²) in [4.78, 5) is 14.2. The monoisotopic (exact) mass is 259 g/mol. The Labute approximate surface area is 114 Å². The molecule has 2 aliphatic carbocycles. The summed E-state index contributed by atoms with van der Waals surface area (Å²) in [6.45, 7) is 1.04. The molecule has 2 saturated carbocycles. The lowest BCUT2D eigenvalue weighted by atomic mass is 10.2. The average Bonchev–Trinajstić information content (AvgIpc) is 3.29. The maximum Gasteiger partial charge on any atom is 0.239 e. The van der Waals surface area contributed by atoms with Gasteiger partial charge < -0.3 is 16.0 Å². The number of nitrogens with zero attached hydrogens (tertiary/aromatic N) is 1. The van der Waals surface area contributed by atoms with Crippen LogP contribution in [0, 0.1) is 0 Å². The Balaban J connectivity index is 1.66. The molecule has 4 heteroatoms. The van der Waals surface area contributed by atoms with Crippen LogP contribution in [-0.2, 0) is 11.3 Å². The summed E-state index contributed by atoms with van der Waals surface area (Å²) in [6, 6.07) is 9.21. The zero-order valence-corrected chi connectivity index (χ0v) is 11.1. The Hall–Kier alpha value is -1.55. The van der Waals surface area contributed by atoms with Crippen LogP contribution in [0.4, 0.5) is 5.69 Å². The van der Waals surface area contributed by atoms with Crippen LogP contribution in [0.1, 0.15) is 31.2 Å². The van der Waals surface area contributed by atoms with Gasteiger partial charge in [0.25, 0.3) is 0 Å². The van der Waals surface area contributed by atoms with Crippen LogP contribution in [0.2, 0.25) is 0 Å². The standard InChI is InChI=1S/C15H21N3O/c16-9-11-1-5-13(6-2-11)18(14-7-8-14)10-15(19)17-12-3-4-12/h1-2,5-6,12,14H,3-4,7-10,16H2,(H,17,19). The van der Waals surface area contributed by atoms with Crippen molar-refractivity contribution in [1.29, 1.82) is 0 Å². The molecule has 0 spiro atoms. The number of nitrogens with two attached hydrogens (primary N) is 1. The fraction of sp³-hybridized carbons (Fsp3) is 0.533. The van der Waals surface area contributed by atoms with Gasteiger partial charge >= 0.3 is 0 Å². The minimum atomic E-state index is 0.150. The molecule has 0 bridgehead atoms. The van der Waals surface area contributed by atoms with Gasteiger partial charge in [0.15, 0.2) is 0 Å². The highest BCUT2D eigenvalue weighted by Crippen LogP contribution is 2.31. The summed E-state index contributed by atoms with van der Waals surface area (Å²) in [5.74, 6) is 0.150. The molecule has 2 aliphatic rings. The summed E-state index contributed by atoms with van der Waals surface area (Å²) in [7, 11) is 0. The van der Waals surface area contributed by atoms with Gasteiger partial charge in [-0.05, 0) is 43.4 Å². The number of carbonyl (C=O) groups excluding carboxylic acids is 1. The number of amides is 1. The molecule has 0 unspecified atom stereocenters. The van der Waals surface area contributed by atoms with Gasteiger partial charge in [-0.25, -0.2) is 0 Å². The lowest BCUT2D eigenvalue weighted by Gasteiger charge is -2.24. The first-order chi connectivity index (χ1) is 9.26. The van der Waals surface area contributed by atoms with E-state index in [0.29, 0.717) is 25.2 Å². The van der Waals surface area contributed by atoms with Gasteiger partial charge in [-0.1, -0.05) is 12.1 Å². The van der Waals surface area contributed by atoms with Crippen molar-refractivity contribution in [3.8, 4) is 0 Å². The van der Waals surface area contributed by atoms with Crippen LogP contribution in [0.15, 0.2) is 24.3 Å². The van der Waals surface area contributed by atoms with E-state index in [-0.39, 0.29) is 5.91 Å². The number of benzene rings is 1. The Morgan fingerprint density at radius 1 is 1.21 bits per heavy atom. The average molecular weight is 259 g/mol. The van der Waals surface area contributed by atoms with Crippen LogP contribution < -0.4 is 16.0 Å². The molecule has 1 amide bonds. The van der Waals surface area contributed by atoms with Gasteiger partial charge in [-0.15, -0.1) is 0 Å². The Morgan fingerprint density at radius 3 is 2.42 bits per heavy atom. The lowest BCUT2D eigenvalue weighted by Crippen LogP contribution is -2.39. The second-order valence-electron chi connectivity index (χ2n) is 5.57. The third kappa shape index (κ3) is 3.26. The van der Waals surface area contributed by atoms with Crippen molar-refractivity contribution in [2.75, 3.05) is 11.4 Å². The molecule has 0 aromatic heterocycles. The molecule has 102 valence electrons. The van der Waals surface area contributed by atoms with Gasteiger partial charge in [-0.3, -0.25) is 4.79 Å². The van der Waals surface area contributed by atoms with E-state index in [4.69, 9.17) is 5.73 Å². The SMILES string of the molecule is NCc1ccc(N(CC(=O)NC2CC2)C2CC2)cc1. The van der Waals surface area contributed by atoms with Crippen molar-refractivity contribution >= 4 is 11.6 Å². The zero-order chi connectivity index (χ0) is 13.2. The first-order valence-electron chi connectivity index (χ1n) is 7.11. The van der Waals surface area contributed by atoms with E-state index in [1.165, 1.54) is 12.8 Å². The van der Waals surface area contributed by atoms with Gasteiger partial charge in [0.05, 0.1) is 6.54 Å². The van der Waals surface area contributed by atoms with Crippen LogP contribution in [0.25, 0.3) is 0 Å². The van der Waals surface area contributed by atoms with Gasteiger partial charge in [-0.2, -0.15) is 0 Å². The maximum absolute atomic E-state index is 12.0. The van der Waals surface area contributed by atoms with Crippen LogP contribution in [0.5, 0.6) is 0 Å². The highest BCUT2D eigenvalue weighted by Gasteiger charge is 2.31. The maximum atomic E-state index is 12.0. The van der Waals surface area contributed by atoms with E-state index in [2.05, 4.69) is 22.3 Å². The molecule has 19 heavy (non-hydrogen) atoms. The Kier molecular flexibility index (Phi) is 3.42. The minimum absolute atomic E-state index is 0.150. The molecule has 2 fully saturated rings. The lowest BCUT2D eigenvalue weighted by molar-refractivity contribution is -0.119.